The minimum Gasteiger partial charge on any atom is -0.363 e. The maximum absolute atomic E-state index is 12.5. The highest BCUT2D eigenvalue weighted by atomic mass is 16.1. The van der Waals surface area contributed by atoms with Gasteiger partial charge in [0.2, 0.25) is 11.9 Å². The molecule has 0 aliphatic heterocycles. The van der Waals surface area contributed by atoms with Crippen molar-refractivity contribution in [3.63, 3.8) is 0 Å². The summed E-state index contributed by atoms with van der Waals surface area (Å²) in [7, 11) is 3.94. The fourth-order valence-electron chi connectivity index (χ4n) is 3.96. The van der Waals surface area contributed by atoms with Crippen LogP contribution in [0, 0.1) is 0 Å². The van der Waals surface area contributed by atoms with Crippen LogP contribution in [0.2, 0.25) is 0 Å². The molecule has 1 saturated carbocycles. The number of rotatable bonds is 6. The van der Waals surface area contributed by atoms with E-state index in [1.54, 1.807) is 6.20 Å². The average Bonchev–Trinajstić information content (AvgIpc) is 3.12. The molecular weight excluding hydrogens is 364 g/mol. The van der Waals surface area contributed by atoms with Gasteiger partial charge >= 0.3 is 0 Å². The Labute approximate surface area is 170 Å². The van der Waals surface area contributed by atoms with Crippen molar-refractivity contribution in [2.45, 2.75) is 44.2 Å². The molecule has 7 heteroatoms. The van der Waals surface area contributed by atoms with Crippen LogP contribution in [0.3, 0.4) is 0 Å². The van der Waals surface area contributed by atoms with Crippen molar-refractivity contribution < 1.29 is 4.79 Å². The molecule has 0 atom stereocenters. The van der Waals surface area contributed by atoms with E-state index in [0.29, 0.717) is 18.4 Å². The number of carbonyl (C=O) groups excluding carboxylic acids is 1. The lowest BCUT2D eigenvalue weighted by Gasteiger charge is -2.29. The number of nitrogens with zero attached hydrogens (tertiary/aromatic N) is 3. The molecule has 0 saturated heterocycles. The molecular formula is C22H28N6O. The van der Waals surface area contributed by atoms with E-state index < -0.39 is 0 Å². The fourth-order valence-corrected chi connectivity index (χ4v) is 3.96. The number of aromatic nitrogens is 3. The SMILES string of the molecule is CN(C)c1ccnc(NC2CCC(NC(=O)Cc3c[nH]c4ccccc34)CC2)n1. The molecule has 1 aromatic carbocycles. The van der Waals surface area contributed by atoms with E-state index >= 15 is 0 Å². The monoisotopic (exact) mass is 392 g/mol. The predicted molar refractivity (Wildman–Crippen MR) is 116 cm³/mol. The largest absolute Gasteiger partial charge is 0.363 e. The molecule has 2 heterocycles. The fraction of sp³-hybridized carbons (Fsp3) is 0.409. The van der Waals surface area contributed by atoms with Crippen LogP contribution in [0.15, 0.2) is 42.7 Å². The molecule has 1 aliphatic rings. The third kappa shape index (κ3) is 4.67. The van der Waals surface area contributed by atoms with Crippen LogP contribution in [0.4, 0.5) is 11.8 Å². The number of H-pyrrole nitrogens is 1. The summed E-state index contributed by atoms with van der Waals surface area (Å²) >= 11 is 0. The number of para-hydroxylation sites is 1. The van der Waals surface area contributed by atoms with Gasteiger partial charge in [0.05, 0.1) is 6.42 Å². The molecule has 152 valence electrons. The summed E-state index contributed by atoms with van der Waals surface area (Å²) < 4.78 is 0. The van der Waals surface area contributed by atoms with Gasteiger partial charge in [-0.15, -0.1) is 0 Å². The first-order chi connectivity index (χ1) is 14.1. The number of benzene rings is 1. The lowest BCUT2D eigenvalue weighted by Crippen LogP contribution is -2.40. The zero-order valence-corrected chi connectivity index (χ0v) is 17.0. The zero-order chi connectivity index (χ0) is 20.2. The van der Waals surface area contributed by atoms with Crippen LogP contribution in [0.5, 0.6) is 0 Å². The summed E-state index contributed by atoms with van der Waals surface area (Å²) in [5.74, 6) is 1.65. The van der Waals surface area contributed by atoms with Gasteiger partial charge in [0.1, 0.15) is 5.82 Å². The third-order valence-corrected chi connectivity index (χ3v) is 5.55. The van der Waals surface area contributed by atoms with E-state index in [1.807, 2.05) is 49.5 Å². The maximum atomic E-state index is 12.5. The van der Waals surface area contributed by atoms with Gasteiger partial charge in [0, 0.05) is 49.5 Å². The lowest BCUT2D eigenvalue weighted by atomic mass is 9.91. The minimum atomic E-state index is 0.0909. The van der Waals surface area contributed by atoms with Gasteiger partial charge in [-0.05, 0) is 43.4 Å². The van der Waals surface area contributed by atoms with Crippen LogP contribution >= 0.6 is 0 Å². The van der Waals surface area contributed by atoms with E-state index in [1.165, 1.54) is 0 Å². The van der Waals surface area contributed by atoms with Gasteiger partial charge in [0.15, 0.2) is 0 Å². The summed E-state index contributed by atoms with van der Waals surface area (Å²) in [6.07, 6.45) is 8.04. The van der Waals surface area contributed by atoms with Crippen LogP contribution in [0.25, 0.3) is 10.9 Å². The molecule has 3 aromatic rings. The number of carbonyl (C=O) groups is 1. The van der Waals surface area contributed by atoms with E-state index in [9.17, 15) is 4.79 Å². The molecule has 0 unspecified atom stereocenters. The Kier molecular flexibility index (Phi) is 5.64. The molecule has 1 amide bonds. The molecule has 4 rings (SSSR count). The molecule has 1 aliphatic carbocycles. The lowest BCUT2D eigenvalue weighted by molar-refractivity contribution is -0.121. The standard InChI is InChI=1S/C22H28N6O/c1-28(2)20-11-12-23-22(27-20)26-17-9-7-16(8-10-17)25-21(29)13-15-14-24-19-6-4-3-5-18(15)19/h3-6,11-12,14,16-17,24H,7-10,13H2,1-2H3,(H,25,29)(H,23,26,27). The second kappa shape index (κ2) is 8.51. The number of aromatic amines is 1. The Morgan fingerprint density at radius 1 is 1.14 bits per heavy atom. The minimum absolute atomic E-state index is 0.0909. The first-order valence-electron chi connectivity index (χ1n) is 10.2. The third-order valence-electron chi connectivity index (χ3n) is 5.55. The highest BCUT2D eigenvalue weighted by Crippen LogP contribution is 2.22. The maximum Gasteiger partial charge on any atom is 0.224 e. The molecule has 0 spiro atoms. The Hall–Kier alpha value is -3.09. The van der Waals surface area contributed by atoms with Crippen molar-refractivity contribution in [3.8, 4) is 0 Å². The number of fused-ring (bicyclic) bond motifs is 1. The van der Waals surface area contributed by atoms with E-state index in [-0.39, 0.29) is 11.9 Å². The van der Waals surface area contributed by atoms with Crippen molar-refractivity contribution in [2.24, 2.45) is 0 Å². The number of nitrogens with one attached hydrogen (secondary N) is 3. The van der Waals surface area contributed by atoms with E-state index in [0.717, 1.165) is 48.0 Å². The van der Waals surface area contributed by atoms with Crippen molar-refractivity contribution in [1.82, 2.24) is 20.3 Å². The number of hydrogen-bond acceptors (Lipinski definition) is 5. The summed E-state index contributed by atoms with van der Waals surface area (Å²) in [5.41, 5.74) is 2.12. The van der Waals surface area contributed by atoms with E-state index in [2.05, 4.69) is 31.7 Å². The molecule has 0 radical (unpaired) electrons. The second-order valence-electron chi connectivity index (χ2n) is 7.93. The Morgan fingerprint density at radius 3 is 2.69 bits per heavy atom. The molecule has 2 aromatic heterocycles. The number of hydrogen-bond donors (Lipinski definition) is 3. The summed E-state index contributed by atoms with van der Waals surface area (Å²) in [6.45, 7) is 0. The first kappa shape index (κ1) is 19.2. The van der Waals surface area contributed by atoms with Crippen LogP contribution < -0.4 is 15.5 Å². The summed E-state index contributed by atoms with van der Waals surface area (Å²) in [4.78, 5) is 26.6. The molecule has 0 bridgehead atoms. The van der Waals surface area contributed by atoms with Gasteiger partial charge in [-0.3, -0.25) is 4.79 Å². The van der Waals surface area contributed by atoms with Gasteiger partial charge in [-0.1, -0.05) is 18.2 Å². The summed E-state index contributed by atoms with van der Waals surface area (Å²) in [5, 5.41) is 7.77. The van der Waals surface area contributed by atoms with Crippen molar-refractivity contribution in [1.29, 1.82) is 0 Å². The smallest absolute Gasteiger partial charge is 0.224 e. The first-order valence-corrected chi connectivity index (χ1v) is 10.2. The quantitative estimate of drug-likeness (QED) is 0.600. The normalized spacial score (nSPS) is 19.1. The van der Waals surface area contributed by atoms with Crippen molar-refractivity contribution >= 4 is 28.6 Å². The predicted octanol–water partition coefficient (Wildman–Crippen LogP) is 3.11. The van der Waals surface area contributed by atoms with Crippen molar-refractivity contribution in [2.75, 3.05) is 24.3 Å². The molecule has 29 heavy (non-hydrogen) atoms. The number of amides is 1. The van der Waals surface area contributed by atoms with Crippen LogP contribution in [-0.4, -0.2) is 47.0 Å². The Morgan fingerprint density at radius 2 is 1.90 bits per heavy atom. The topological polar surface area (TPSA) is 85.9 Å². The molecule has 7 nitrogen and oxygen atoms in total. The van der Waals surface area contributed by atoms with Gasteiger partial charge in [0.25, 0.3) is 0 Å². The zero-order valence-electron chi connectivity index (χ0n) is 17.0. The molecule has 1 fully saturated rings. The number of anilines is 2. The van der Waals surface area contributed by atoms with Gasteiger partial charge in [-0.25, -0.2) is 4.98 Å². The Balaban J connectivity index is 1.26. The highest BCUT2D eigenvalue weighted by molar-refractivity contribution is 5.88. The van der Waals surface area contributed by atoms with Crippen molar-refractivity contribution in [3.05, 3.63) is 48.3 Å². The van der Waals surface area contributed by atoms with E-state index in [4.69, 9.17) is 0 Å². The van der Waals surface area contributed by atoms with Crippen LogP contribution in [-0.2, 0) is 11.2 Å². The molecule has 3 N–H and O–H groups in total. The van der Waals surface area contributed by atoms with Crippen LogP contribution in [0.1, 0.15) is 31.2 Å². The van der Waals surface area contributed by atoms with Gasteiger partial charge in [-0.2, -0.15) is 4.98 Å². The average molecular weight is 393 g/mol. The Bertz CT molecular complexity index is 974. The summed E-state index contributed by atoms with van der Waals surface area (Å²) in [6, 6.07) is 10.6. The highest BCUT2D eigenvalue weighted by Gasteiger charge is 2.23. The second-order valence-corrected chi connectivity index (χ2v) is 7.93. The van der Waals surface area contributed by atoms with Gasteiger partial charge < -0.3 is 20.5 Å².